The Hall–Kier alpha value is -1.59. The molecule has 2 unspecified atom stereocenters. The molecule has 6 nitrogen and oxygen atoms in total. The van der Waals surface area contributed by atoms with Crippen LogP contribution < -0.4 is 17.1 Å². The van der Waals surface area contributed by atoms with Crippen molar-refractivity contribution in [3.05, 3.63) is 31.5 Å². The first-order chi connectivity index (χ1) is 13.9. The van der Waals surface area contributed by atoms with Crippen molar-refractivity contribution >= 4 is 0 Å². The van der Waals surface area contributed by atoms with E-state index in [1.165, 1.54) is 13.7 Å². The fourth-order valence-corrected chi connectivity index (χ4v) is 4.48. The van der Waals surface area contributed by atoms with Gasteiger partial charge in [0.05, 0.1) is 0 Å². The quantitative estimate of drug-likeness (QED) is 0.534. The maximum Gasteiger partial charge on any atom is 0.337 e. The van der Waals surface area contributed by atoms with Crippen LogP contribution in [0.3, 0.4) is 0 Å². The molecule has 0 aliphatic heterocycles. The molecule has 31 heavy (non-hydrogen) atoms. The molecule has 1 aromatic heterocycles. The summed E-state index contributed by atoms with van der Waals surface area (Å²) >= 11 is 0. The van der Waals surface area contributed by atoms with E-state index in [1.807, 2.05) is 34.6 Å². The monoisotopic (exact) mass is 437 g/mol. The standard InChI is InChI=1S/C25H47N3O3/c1-16(2)13-24(9,10)27-21(29)26(15-20(8)18(5)6)22(30)28(23(27)31)25(11,12)14-19(7)17(3)4/h16-20H,13-15H2,1-12H3. The Morgan fingerprint density at radius 3 is 1.35 bits per heavy atom. The van der Waals surface area contributed by atoms with E-state index in [1.54, 1.807) is 0 Å². The van der Waals surface area contributed by atoms with Crippen molar-refractivity contribution in [3.8, 4) is 0 Å². The van der Waals surface area contributed by atoms with Gasteiger partial charge < -0.3 is 0 Å². The van der Waals surface area contributed by atoms with Gasteiger partial charge in [0.2, 0.25) is 0 Å². The zero-order chi connectivity index (χ0) is 24.5. The molecule has 0 aliphatic rings. The van der Waals surface area contributed by atoms with Crippen LogP contribution >= 0.6 is 0 Å². The lowest BCUT2D eigenvalue weighted by Gasteiger charge is -2.35. The summed E-state index contributed by atoms with van der Waals surface area (Å²) in [6.07, 6.45) is 1.35. The van der Waals surface area contributed by atoms with Crippen LogP contribution in [-0.2, 0) is 17.6 Å². The molecular formula is C25H47N3O3. The maximum absolute atomic E-state index is 13.7. The van der Waals surface area contributed by atoms with Crippen molar-refractivity contribution in [1.29, 1.82) is 0 Å². The third-order valence-corrected chi connectivity index (χ3v) is 6.91. The van der Waals surface area contributed by atoms with Crippen LogP contribution in [0.4, 0.5) is 0 Å². The molecule has 2 atom stereocenters. The van der Waals surface area contributed by atoms with Gasteiger partial charge in [-0.2, -0.15) is 0 Å². The Labute approximate surface area is 188 Å². The van der Waals surface area contributed by atoms with Crippen LogP contribution in [0.2, 0.25) is 0 Å². The third kappa shape index (κ3) is 6.23. The van der Waals surface area contributed by atoms with E-state index in [9.17, 15) is 14.4 Å². The van der Waals surface area contributed by atoms with Gasteiger partial charge in [-0.05, 0) is 70.1 Å². The summed E-state index contributed by atoms with van der Waals surface area (Å²) in [7, 11) is 0. The van der Waals surface area contributed by atoms with E-state index in [0.717, 1.165) is 0 Å². The minimum Gasteiger partial charge on any atom is -0.247 e. The van der Waals surface area contributed by atoms with E-state index in [4.69, 9.17) is 0 Å². The summed E-state index contributed by atoms with van der Waals surface area (Å²) in [6, 6.07) is 0. The zero-order valence-corrected chi connectivity index (χ0v) is 22.1. The summed E-state index contributed by atoms with van der Waals surface area (Å²) in [6.45, 7) is 24.9. The van der Waals surface area contributed by atoms with Crippen LogP contribution in [-0.4, -0.2) is 13.7 Å². The number of rotatable bonds is 10. The van der Waals surface area contributed by atoms with Crippen molar-refractivity contribution < 1.29 is 0 Å². The number of hydrogen-bond acceptors (Lipinski definition) is 3. The first-order valence-electron chi connectivity index (χ1n) is 11.9. The predicted octanol–water partition coefficient (Wildman–Crippen LogP) is 4.66. The highest BCUT2D eigenvalue weighted by molar-refractivity contribution is 4.93. The summed E-state index contributed by atoms with van der Waals surface area (Å²) in [5, 5.41) is 0. The van der Waals surface area contributed by atoms with Gasteiger partial charge in [0.1, 0.15) is 0 Å². The average molecular weight is 438 g/mol. The van der Waals surface area contributed by atoms with Gasteiger partial charge in [-0.3, -0.25) is 0 Å². The lowest BCUT2D eigenvalue weighted by atomic mass is 9.85. The molecule has 0 saturated carbocycles. The van der Waals surface area contributed by atoms with Gasteiger partial charge >= 0.3 is 17.1 Å². The van der Waals surface area contributed by atoms with Crippen molar-refractivity contribution in [2.24, 2.45) is 29.6 Å². The van der Waals surface area contributed by atoms with Crippen LogP contribution in [0.1, 0.15) is 95.9 Å². The number of nitrogens with zero attached hydrogens (tertiary/aromatic N) is 3. The van der Waals surface area contributed by atoms with Crippen molar-refractivity contribution in [2.75, 3.05) is 0 Å². The Balaban J connectivity index is 3.94. The molecule has 0 N–H and O–H groups in total. The van der Waals surface area contributed by atoms with E-state index in [2.05, 4.69) is 48.5 Å². The molecule has 6 heteroatoms. The molecule has 0 aromatic carbocycles. The molecule has 1 heterocycles. The van der Waals surface area contributed by atoms with E-state index < -0.39 is 28.1 Å². The van der Waals surface area contributed by atoms with E-state index in [-0.39, 0.29) is 5.92 Å². The van der Waals surface area contributed by atoms with Crippen molar-refractivity contribution in [1.82, 2.24) is 13.7 Å². The third-order valence-electron chi connectivity index (χ3n) is 6.91. The Kier molecular flexibility index (Phi) is 8.77. The maximum atomic E-state index is 13.7. The van der Waals surface area contributed by atoms with Gasteiger partial charge in [0.25, 0.3) is 0 Å². The summed E-state index contributed by atoms with van der Waals surface area (Å²) < 4.78 is 3.99. The topological polar surface area (TPSA) is 66.0 Å². The summed E-state index contributed by atoms with van der Waals surface area (Å²) in [4.78, 5) is 40.8. The highest BCUT2D eigenvalue weighted by atomic mass is 16.2. The molecular weight excluding hydrogens is 390 g/mol. The first kappa shape index (κ1) is 27.4. The molecule has 0 aliphatic carbocycles. The van der Waals surface area contributed by atoms with E-state index in [0.29, 0.717) is 43.1 Å². The largest absolute Gasteiger partial charge is 0.337 e. The van der Waals surface area contributed by atoms with Gasteiger partial charge in [-0.15, -0.1) is 0 Å². The zero-order valence-electron chi connectivity index (χ0n) is 22.1. The number of hydrogen-bond donors (Lipinski definition) is 0. The van der Waals surface area contributed by atoms with E-state index >= 15 is 0 Å². The first-order valence-corrected chi connectivity index (χ1v) is 11.9. The summed E-state index contributed by atoms with van der Waals surface area (Å²) in [5.41, 5.74) is -2.86. The minimum atomic E-state index is -0.704. The average Bonchev–Trinajstić information content (AvgIpc) is 2.55. The van der Waals surface area contributed by atoms with Crippen molar-refractivity contribution in [2.45, 2.75) is 114 Å². The molecule has 0 bridgehead atoms. The SMILES string of the molecule is CC(C)CC(C)(C)n1c(=O)n(CC(C)C(C)C)c(=O)n(C(C)(C)CC(C)C(C)C)c1=O. The molecule has 1 aromatic rings. The fraction of sp³-hybridized carbons (Fsp3) is 0.880. The highest BCUT2D eigenvalue weighted by Gasteiger charge is 2.35. The van der Waals surface area contributed by atoms with Crippen LogP contribution in [0.5, 0.6) is 0 Å². The fourth-order valence-electron chi connectivity index (χ4n) is 4.48. The number of aromatic nitrogens is 3. The van der Waals surface area contributed by atoms with Gasteiger partial charge in [-0.1, -0.05) is 55.4 Å². The van der Waals surface area contributed by atoms with Crippen LogP contribution in [0.15, 0.2) is 14.4 Å². The van der Waals surface area contributed by atoms with Gasteiger partial charge in [0.15, 0.2) is 0 Å². The molecule has 0 radical (unpaired) electrons. The van der Waals surface area contributed by atoms with Gasteiger partial charge in [-0.25, -0.2) is 28.1 Å². The molecule has 0 spiro atoms. The second kappa shape index (κ2) is 9.91. The molecule has 0 amide bonds. The second-order valence-corrected chi connectivity index (χ2v) is 12.0. The highest BCUT2D eigenvalue weighted by Crippen LogP contribution is 2.27. The smallest absolute Gasteiger partial charge is 0.247 e. The molecule has 1 rings (SSSR count). The Morgan fingerprint density at radius 1 is 0.613 bits per heavy atom. The molecule has 0 fully saturated rings. The van der Waals surface area contributed by atoms with Gasteiger partial charge in [0, 0.05) is 17.6 Å². The summed E-state index contributed by atoms with van der Waals surface area (Å²) in [5.74, 6) is 1.52. The Morgan fingerprint density at radius 2 is 1.00 bits per heavy atom. The molecule has 0 saturated heterocycles. The second-order valence-electron chi connectivity index (χ2n) is 12.0. The predicted molar refractivity (Wildman–Crippen MR) is 130 cm³/mol. The molecule has 180 valence electrons. The van der Waals surface area contributed by atoms with Crippen LogP contribution in [0.25, 0.3) is 0 Å². The lowest BCUT2D eigenvalue weighted by Crippen LogP contribution is -2.63. The lowest BCUT2D eigenvalue weighted by molar-refractivity contribution is 0.184. The normalized spacial score (nSPS) is 15.2. The van der Waals surface area contributed by atoms with Crippen molar-refractivity contribution in [3.63, 3.8) is 0 Å². The van der Waals surface area contributed by atoms with Crippen LogP contribution in [0, 0.1) is 29.6 Å². The minimum absolute atomic E-state index is 0.135. The Bertz CT molecular complexity index is 913.